The van der Waals surface area contributed by atoms with Crippen molar-refractivity contribution in [2.75, 3.05) is 39.6 Å². The first kappa shape index (κ1) is 28.7. The molecule has 0 radical (unpaired) electrons. The smallest absolute Gasteiger partial charge is 0.408 e. The van der Waals surface area contributed by atoms with Gasteiger partial charge in [-0.2, -0.15) is 0 Å². The minimum absolute atomic E-state index is 0.00775. The van der Waals surface area contributed by atoms with Crippen LogP contribution in [-0.2, 0) is 23.7 Å². The fraction of sp³-hybridized carbons (Fsp3) is 0.680. The molecule has 1 atom stereocenters. The van der Waals surface area contributed by atoms with E-state index in [0.717, 1.165) is 37.0 Å². The lowest BCUT2D eigenvalue weighted by Gasteiger charge is -2.22. The molecule has 0 aliphatic carbocycles. The van der Waals surface area contributed by atoms with E-state index in [1.54, 1.807) is 0 Å². The number of unbranched alkanes of at least 4 members (excludes halogenated alkanes) is 1. The van der Waals surface area contributed by atoms with E-state index < -0.39 is 11.7 Å². The molecular weight excluding hydrogens is 426 g/mol. The Kier molecular flexibility index (Phi) is 14.2. The number of ether oxygens (including phenoxy) is 5. The summed E-state index contributed by atoms with van der Waals surface area (Å²) < 4.78 is 26.8. The summed E-state index contributed by atoms with van der Waals surface area (Å²) in [6.45, 7) is 12.1. The van der Waals surface area contributed by atoms with Gasteiger partial charge in [-0.1, -0.05) is 25.5 Å². The van der Waals surface area contributed by atoms with E-state index in [1.165, 1.54) is 0 Å². The maximum atomic E-state index is 11.9. The van der Waals surface area contributed by atoms with Crippen LogP contribution in [0.1, 0.15) is 71.9 Å². The fourth-order valence-electron chi connectivity index (χ4n) is 2.66. The van der Waals surface area contributed by atoms with E-state index in [-0.39, 0.29) is 18.6 Å². The van der Waals surface area contributed by atoms with Crippen LogP contribution < -0.4 is 10.1 Å². The predicted molar refractivity (Wildman–Crippen MR) is 126 cm³/mol. The second kappa shape index (κ2) is 16.3. The van der Waals surface area contributed by atoms with Crippen molar-refractivity contribution in [3.05, 3.63) is 29.8 Å². The summed E-state index contributed by atoms with van der Waals surface area (Å²) in [7, 11) is 0. The van der Waals surface area contributed by atoms with Crippen molar-refractivity contribution < 1.29 is 33.3 Å². The zero-order valence-electron chi connectivity index (χ0n) is 20.8. The zero-order valence-corrected chi connectivity index (χ0v) is 20.8. The van der Waals surface area contributed by atoms with E-state index >= 15 is 0 Å². The Bertz CT molecular complexity index is 670. The molecule has 1 aromatic carbocycles. The van der Waals surface area contributed by atoms with Crippen molar-refractivity contribution in [2.24, 2.45) is 0 Å². The topological polar surface area (TPSA) is 92.3 Å². The van der Waals surface area contributed by atoms with Crippen molar-refractivity contribution in [2.45, 2.75) is 71.9 Å². The van der Waals surface area contributed by atoms with Crippen LogP contribution in [0.4, 0.5) is 4.79 Å². The van der Waals surface area contributed by atoms with Gasteiger partial charge < -0.3 is 29.0 Å². The van der Waals surface area contributed by atoms with Gasteiger partial charge in [-0.15, -0.1) is 0 Å². The molecule has 1 rings (SSSR count). The van der Waals surface area contributed by atoms with Crippen LogP contribution in [0.5, 0.6) is 5.75 Å². The molecule has 0 unspecified atom stereocenters. The van der Waals surface area contributed by atoms with Crippen molar-refractivity contribution in [3.8, 4) is 5.75 Å². The molecule has 0 aliphatic heterocycles. The monoisotopic (exact) mass is 467 g/mol. The van der Waals surface area contributed by atoms with E-state index in [4.69, 9.17) is 23.7 Å². The highest BCUT2D eigenvalue weighted by atomic mass is 16.6. The average molecular weight is 468 g/mol. The van der Waals surface area contributed by atoms with Crippen molar-refractivity contribution in [3.63, 3.8) is 0 Å². The molecule has 1 aromatic rings. The van der Waals surface area contributed by atoms with E-state index in [1.807, 2.05) is 58.9 Å². The van der Waals surface area contributed by atoms with E-state index in [2.05, 4.69) is 5.32 Å². The predicted octanol–water partition coefficient (Wildman–Crippen LogP) is 4.81. The van der Waals surface area contributed by atoms with Crippen LogP contribution in [0.25, 0.3) is 0 Å². The Morgan fingerprint density at radius 1 is 0.909 bits per heavy atom. The molecule has 0 spiro atoms. The van der Waals surface area contributed by atoms with Gasteiger partial charge >= 0.3 is 12.1 Å². The second-order valence-corrected chi connectivity index (χ2v) is 8.73. The molecule has 0 fully saturated rings. The number of alkyl carbamates (subject to hydrolysis) is 1. The van der Waals surface area contributed by atoms with E-state index in [9.17, 15) is 9.59 Å². The maximum Gasteiger partial charge on any atom is 0.408 e. The highest BCUT2D eigenvalue weighted by Gasteiger charge is 2.18. The highest BCUT2D eigenvalue weighted by molar-refractivity contribution is 5.70. The highest BCUT2D eigenvalue weighted by Crippen LogP contribution is 2.18. The molecular formula is C25H41NO7. The van der Waals surface area contributed by atoms with Gasteiger partial charge in [-0.25, -0.2) is 9.59 Å². The van der Waals surface area contributed by atoms with Gasteiger partial charge in [0.05, 0.1) is 19.3 Å². The lowest BCUT2D eigenvalue weighted by molar-refractivity contribution is -0.149. The molecule has 8 nitrogen and oxygen atoms in total. The van der Waals surface area contributed by atoms with Crippen molar-refractivity contribution in [1.82, 2.24) is 5.32 Å². The van der Waals surface area contributed by atoms with E-state index in [0.29, 0.717) is 33.0 Å². The third kappa shape index (κ3) is 15.2. The van der Waals surface area contributed by atoms with Gasteiger partial charge in [0.2, 0.25) is 0 Å². The molecule has 0 heterocycles. The van der Waals surface area contributed by atoms with Crippen molar-refractivity contribution in [1.29, 1.82) is 0 Å². The molecule has 8 heteroatoms. The molecule has 1 N–H and O–H groups in total. The van der Waals surface area contributed by atoms with Crippen LogP contribution in [-0.4, -0.2) is 57.3 Å². The number of esters is 1. The summed E-state index contributed by atoms with van der Waals surface area (Å²) in [5.41, 5.74) is 0.440. The number of hydrogen-bond acceptors (Lipinski definition) is 7. The third-order valence-corrected chi connectivity index (χ3v) is 4.37. The third-order valence-electron chi connectivity index (χ3n) is 4.37. The van der Waals surface area contributed by atoms with Crippen molar-refractivity contribution >= 4 is 12.1 Å². The second-order valence-electron chi connectivity index (χ2n) is 8.73. The lowest BCUT2D eigenvalue weighted by Crippen LogP contribution is -2.34. The van der Waals surface area contributed by atoms with Gasteiger partial charge in [0, 0.05) is 26.2 Å². The summed E-state index contributed by atoms with van der Waals surface area (Å²) in [5.74, 6) is 0.450. The molecule has 0 aliphatic rings. The summed E-state index contributed by atoms with van der Waals surface area (Å²) in [5, 5.41) is 2.82. The normalized spacial score (nSPS) is 12.2. The van der Waals surface area contributed by atoms with Crippen LogP contribution in [0.15, 0.2) is 24.3 Å². The number of amides is 1. The molecule has 0 bridgehead atoms. The Morgan fingerprint density at radius 2 is 1.55 bits per heavy atom. The van der Waals surface area contributed by atoms with Gasteiger partial charge in [0.1, 0.15) is 18.0 Å². The van der Waals surface area contributed by atoms with Crippen LogP contribution in [0.2, 0.25) is 0 Å². The first-order chi connectivity index (χ1) is 15.7. The van der Waals surface area contributed by atoms with Gasteiger partial charge in [0.25, 0.3) is 0 Å². The minimum Gasteiger partial charge on any atom is -0.494 e. The number of hydrogen-bond donors (Lipinski definition) is 1. The SMILES string of the molecule is CCCCOC(=O)COCCCOCCCOc1ccc([C@H](C)NC(=O)OC(C)(C)C)cc1. The van der Waals surface area contributed by atoms with Crippen LogP contribution in [0.3, 0.4) is 0 Å². The summed E-state index contributed by atoms with van der Waals surface area (Å²) in [4.78, 5) is 23.3. The zero-order chi connectivity index (χ0) is 24.5. The molecule has 0 saturated carbocycles. The molecule has 0 saturated heterocycles. The number of rotatable bonds is 16. The van der Waals surface area contributed by atoms with Gasteiger partial charge in [0.15, 0.2) is 0 Å². The Balaban J connectivity index is 2.07. The molecule has 188 valence electrons. The number of carbonyl (C=O) groups excluding carboxylic acids is 2. The molecule has 0 aromatic heterocycles. The largest absolute Gasteiger partial charge is 0.494 e. The van der Waals surface area contributed by atoms with Crippen LogP contribution in [0, 0.1) is 0 Å². The van der Waals surface area contributed by atoms with Crippen LogP contribution >= 0.6 is 0 Å². The Labute approximate surface area is 198 Å². The first-order valence-corrected chi connectivity index (χ1v) is 11.7. The summed E-state index contributed by atoms with van der Waals surface area (Å²) in [6.07, 6.45) is 2.92. The van der Waals surface area contributed by atoms with Gasteiger partial charge in [-0.3, -0.25) is 0 Å². The first-order valence-electron chi connectivity index (χ1n) is 11.7. The average Bonchev–Trinajstić information content (AvgIpc) is 2.74. The minimum atomic E-state index is -0.525. The number of carbonyl (C=O) groups is 2. The standard InChI is InChI=1S/C25H41NO7/c1-6-7-17-32-23(27)19-30-16-8-14-29-15-9-18-31-22-12-10-21(11-13-22)20(2)26-24(28)33-25(3,4)5/h10-13,20H,6-9,14-19H2,1-5H3,(H,26,28)/t20-/m0/s1. The number of benzene rings is 1. The maximum absolute atomic E-state index is 11.9. The summed E-state index contributed by atoms with van der Waals surface area (Å²) in [6, 6.07) is 7.45. The fourth-order valence-corrected chi connectivity index (χ4v) is 2.66. The Hall–Kier alpha value is -2.32. The van der Waals surface area contributed by atoms with Gasteiger partial charge in [-0.05, 0) is 58.2 Å². The lowest BCUT2D eigenvalue weighted by atomic mass is 10.1. The quantitative estimate of drug-likeness (QED) is 0.275. The Morgan fingerprint density at radius 3 is 2.18 bits per heavy atom. The summed E-state index contributed by atoms with van der Waals surface area (Å²) >= 11 is 0. The molecule has 33 heavy (non-hydrogen) atoms. The number of nitrogens with one attached hydrogen (secondary N) is 1. The molecule has 1 amide bonds.